The minimum atomic E-state index is -0.230. The van der Waals surface area contributed by atoms with Crippen LogP contribution in [0.2, 0.25) is 0 Å². The smallest absolute Gasteiger partial charge is 0.276 e. The number of methoxy groups -OCH3 is 1. The van der Waals surface area contributed by atoms with Gasteiger partial charge in [0.15, 0.2) is 0 Å². The third-order valence-electron chi connectivity index (χ3n) is 4.20. The molecule has 3 aromatic rings. The van der Waals surface area contributed by atoms with Crippen LogP contribution in [0.1, 0.15) is 17.2 Å². The predicted octanol–water partition coefficient (Wildman–Crippen LogP) is 3.10. The van der Waals surface area contributed by atoms with Crippen LogP contribution < -0.4 is 10.6 Å². The molecule has 0 saturated heterocycles. The van der Waals surface area contributed by atoms with Crippen LogP contribution in [0.3, 0.4) is 0 Å². The zero-order valence-electron chi connectivity index (χ0n) is 14.7. The van der Waals surface area contributed by atoms with E-state index in [1.54, 1.807) is 24.5 Å². The number of amides is 1. The van der Waals surface area contributed by atoms with Gasteiger partial charge in [-0.2, -0.15) is 0 Å². The maximum Gasteiger partial charge on any atom is 0.276 e. The lowest BCUT2D eigenvalue weighted by molar-refractivity contribution is -0.115. The molecular formula is C20H18N4O2S. The second kappa shape index (κ2) is 7.69. The van der Waals surface area contributed by atoms with Crippen LogP contribution >= 0.6 is 11.3 Å². The van der Waals surface area contributed by atoms with E-state index in [9.17, 15) is 4.79 Å². The highest BCUT2D eigenvalue weighted by Crippen LogP contribution is 2.21. The largest absolute Gasteiger partial charge is 0.382 e. The second-order valence-corrected chi connectivity index (χ2v) is 6.97. The van der Waals surface area contributed by atoms with Gasteiger partial charge < -0.3 is 10.1 Å². The summed E-state index contributed by atoms with van der Waals surface area (Å²) in [6, 6.07) is 15.7. The Morgan fingerprint density at radius 3 is 2.93 bits per heavy atom. The molecule has 1 aliphatic heterocycles. The number of rotatable bonds is 5. The molecule has 1 atom stereocenters. The van der Waals surface area contributed by atoms with E-state index < -0.39 is 0 Å². The molecule has 1 aliphatic rings. The van der Waals surface area contributed by atoms with E-state index >= 15 is 0 Å². The zero-order chi connectivity index (χ0) is 18.6. The molecule has 0 fully saturated rings. The van der Waals surface area contributed by atoms with Crippen LogP contribution in [0.25, 0.3) is 16.3 Å². The van der Waals surface area contributed by atoms with Gasteiger partial charge in [0.25, 0.3) is 5.91 Å². The summed E-state index contributed by atoms with van der Waals surface area (Å²) in [5.74, 6) is 0.196. The number of fused-ring (bicyclic) bond motifs is 1. The van der Waals surface area contributed by atoms with Gasteiger partial charge in [0.2, 0.25) is 5.96 Å². The normalized spacial score (nSPS) is 16.4. The van der Waals surface area contributed by atoms with E-state index in [1.807, 2.05) is 54.0 Å². The van der Waals surface area contributed by atoms with E-state index in [0.29, 0.717) is 18.3 Å². The summed E-state index contributed by atoms with van der Waals surface area (Å²) in [4.78, 5) is 21.0. The minimum Gasteiger partial charge on any atom is -0.382 e. The van der Waals surface area contributed by atoms with Crippen LogP contribution in [-0.2, 0) is 9.53 Å². The number of carbonyl (C=O) groups is 1. The van der Waals surface area contributed by atoms with Gasteiger partial charge >= 0.3 is 0 Å². The summed E-state index contributed by atoms with van der Waals surface area (Å²) in [5, 5.41) is 6.03. The fourth-order valence-corrected chi connectivity index (χ4v) is 3.62. The van der Waals surface area contributed by atoms with Crippen molar-refractivity contribution >= 4 is 39.5 Å². The molecule has 0 radical (unpaired) electrons. The SMILES string of the molecule is COC[C@H](NC1=N/C(=C\c2ccc3ncsc3c2)C(=O)N1)c1ccccc1. The maximum absolute atomic E-state index is 12.3. The minimum absolute atomic E-state index is 0.108. The molecule has 2 N–H and O–H groups in total. The number of ether oxygens (including phenoxy) is 1. The van der Waals surface area contributed by atoms with Crippen molar-refractivity contribution in [3.63, 3.8) is 0 Å². The highest BCUT2D eigenvalue weighted by molar-refractivity contribution is 7.16. The molecular weight excluding hydrogens is 360 g/mol. The van der Waals surface area contributed by atoms with Crippen LogP contribution in [0.15, 0.2) is 64.7 Å². The lowest BCUT2D eigenvalue weighted by atomic mass is 10.1. The molecule has 0 unspecified atom stereocenters. The number of aromatic nitrogens is 1. The van der Waals surface area contributed by atoms with Gasteiger partial charge in [0, 0.05) is 7.11 Å². The molecule has 1 aromatic heterocycles. The molecule has 2 aromatic carbocycles. The van der Waals surface area contributed by atoms with Crippen molar-refractivity contribution in [1.29, 1.82) is 0 Å². The summed E-state index contributed by atoms with van der Waals surface area (Å²) in [7, 11) is 1.65. The number of hydrogen-bond donors (Lipinski definition) is 2. The first-order chi connectivity index (χ1) is 13.2. The molecule has 0 saturated carbocycles. The van der Waals surface area contributed by atoms with Gasteiger partial charge in [-0.3, -0.25) is 10.1 Å². The number of benzene rings is 2. The molecule has 0 aliphatic carbocycles. The number of nitrogens with one attached hydrogen (secondary N) is 2. The van der Waals surface area contributed by atoms with E-state index in [2.05, 4.69) is 20.6 Å². The summed E-state index contributed by atoms with van der Waals surface area (Å²) in [6.45, 7) is 0.458. The Balaban J connectivity index is 1.56. The average molecular weight is 378 g/mol. The molecule has 2 heterocycles. The Hall–Kier alpha value is -3.03. The molecule has 0 bridgehead atoms. The topological polar surface area (TPSA) is 75.6 Å². The third kappa shape index (κ3) is 3.89. The molecule has 27 heavy (non-hydrogen) atoms. The number of nitrogens with zero attached hydrogens (tertiary/aromatic N) is 2. The Morgan fingerprint density at radius 1 is 1.26 bits per heavy atom. The lowest BCUT2D eigenvalue weighted by Crippen LogP contribution is -2.39. The van der Waals surface area contributed by atoms with Crippen molar-refractivity contribution in [3.05, 3.63) is 70.9 Å². The Morgan fingerprint density at radius 2 is 2.11 bits per heavy atom. The van der Waals surface area contributed by atoms with E-state index in [1.165, 1.54) is 0 Å². The van der Waals surface area contributed by atoms with Crippen molar-refractivity contribution in [2.75, 3.05) is 13.7 Å². The van der Waals surface area contributed by atoms with Crippen molar-refractivity contribution in [3.8, 4) is 0 Å². The van der Waals surface area contributed by atoms with Crippen molar-refractivity contribution in [2.24, 2.45) is 4.99 Å². The summed E-state index contributed by atoms with van der Waals surface area (Å²) in [6.07, 6.45) is 1.77. The first kappa shape index (κ1) is 17.4. The standard InChI is InChI=1S/C20H18N4O2S/c1-26-11-17(14-5-3-2-4-6-14)23-20-22-16(19(25)24-20)9-13-7-8-15-18(10-13)27-12-21-15/h2-10,12,17H,11H2,1H3,(H2,22,23,24,25)/b16-9-/t17-/m0/s1. The third-order valence-corrected chi connectivity index (χ3v) is 4.99. The van der Waals surface area contributed by atoms with Gasteiger partial charge in [-0.15, -0.1) is 11.3 Å². The van der Waals surface area contributed by atoms with Gasteiger partial charge in [-0.1, -0.05) is 36.4 Å². The molecule has 1 amide bonds. The van der Waals surface area contributed by atoms with E-state index in [4.69, 9.17) is 4.74 Å². The summed E-state index contributed by atoms with van der Waals surface area (Å²) < 4.78 is 6.38. The fraction of sp³-hybridized carbons (Fsp3) is 0.150. The number of guanidine groups is 1. The van der Waals surface area contributed by atoms with Crippen molar-refractivity contribution < 1.29 is 9.53 Å². The molecule has 0 spiro atoms. The average Bonchev–Trinajstić information content (AvgIpc) is 3.28. The number of thiazole rings is 1. The predicted molar refractivity (Wildman–Crippen MR) is 107 cm³/mol. The number of aliphatic imine (C=N–C) groups is 1. The first-order valence-electron chi connectivity index (χ1n) is 8.48. The van der Waals surface area contributed by atoms with Crippen molar-refractivity contribution in [1.82, 2.24) is 15.6 Å². The molecule has 136 valence electrons. The lowest BCUT2D eigenvalue weighted by Gasteiger charge is -2.18. The van der Waals surface area contributed by atoms with E-state index in [0.717, 1.165) is 21.3 Å². The zero-order valence-corrected chi connectivity index (χ0v) is 15.5. The fourth-order valence-electron chi connectivity index (χ4n) is 2.89. The van der Waals surface area contributed by atoms with Crippen LogP contribution in [-0.4, -0.2) is 30.6 Å². The summed E-state index contributed by atoms with van der Waals surface area (Å²) >= 11 is 1.57. The quantitative estimate of drug-likeness (QED) is 0.669. The Kier molecular flexibility index (Phi) is 4.95. The highest BCUT2D eigenvalue weighted by atomic mass is 32.1. The van der Waals surface area contributed by atoms with Crippen LogP contribution in [0, 0.1) is 0 Å². The highest BCUT2D eigenvalue weighted by Gasteiger charge is 2.23. The number of carbonyl (C=O) groups excluding carboxylic acids is 1. The molecule has 4 rings (SSSR count). The van der Waals surface area contributed by atoms with E-state index in [-0.39, 0.29) is 11.9 Å². The monoisotopic (exact) mass is 378 g/mol. The number of hydrogen-bond acceptors (Lipinski definition) is 6. The van der Waals surface area contributed by atoms with Gasteiger partial charge in [-0.05, 0) is 29.3 Å². The van der Waals surface area contributed by atoms with Gasteiger partial charge in [0.1, 0.15) is 5.70 Å². The van der Waals surface area contributed by atoms with Crippen LogP contribution in [0.4, 0.5) is 0 Å². The van der Waals surface area contributed by atoms with Crippen molar-refractivity contribution in [2.45, 2.75) is 6.04 Å². The maximum atomic E-state index is 12.3. The Labute approximate surface area is 160 Å². The second-order valence-electron chi connectivity index (χ2n) is 6.09. The van der Waals surface area contributed by atoms with Gasteiger partial charge in [0.05, 0.1) is 28.4 Å². The van der Waals surface area contributed by atoms with Crippen LogP contribution in [0.5, 0.6) is 0 Å². The first-order valence-corrected chi connectivity index (χ1v) is 9.36. The van der Waals surface area contributed by atoms with Gasteiger partial charge in [-0.25, -0.2) is 9.98 Å². The Bertz CT molecular complexity index is 1030. The molecule has 7 heteroatoms. The summed E-state index contributed by atoms with van der Waals surface area (Å²) in [5.41, 5.74) is 5.10. The molecule has 6 nitrogen and oxygen atoms in total.